The average Bonchev–Trinajstić information content (AvgIpc) is 3.79. The molecule has 1 spiro atoms. The van der Waals surface area contributed by atoms with Crippen molar-refractivity contribution in [1.82, 2.24) is 15.7 Å². The van der Waals surface area contributed by atoms with Crippen molar-refractivity contribution in [3.8, 4) is 0 Å². The van der Waals surface area contributed by atoms with Gasteiger partial charge in [0.25, 0.3) is 11.8 Å². The second-order valence-electron chi connectivity index (χ2n) is 14.7. The lowest BCUT2D eigenvalue weighted by Gasteiger charge is -2.39. The van der Waals surface area contributed by atoms with Crippen LogP contribution in [0.3, 0.4) is 0 Å². The van der Waals surface area contributed by atoms with Crippen LogP contribution >= 0.6 is 0 Å². The second kappa shape index (κ2) is 21.4. The topological polar surface area (TPSA) is 198 Å². The van der Waals surface area contributed by atoms with E-state index in [2.05, 4.69) is 23.6 Å². The number of hydroxylamine groups is 2. The van der Waals surface area contributed by atoms with Crippen molar-refractivity contribution < 1.29 is 62.0 Å². The molecule has 0 radical (unpaired) electrons. The molecule has 0 bridgehead atoms. The van der Waals surface area contributed by atoms with E-state index in [-0.39, 0.29) is 106 Å². The molecule has 16 heteroatoms. The molecule has 0 aromatic carbocycles. The van der Waals surface area contributed by atoms with Crippen molar-refractivity contribution in [1.29, 1.82) is 0 Å². The monoisotopic (exact) mass is 775 g/mol. The molecule has 4 amide bonds. The lowest BCUT2D eigenvalue weighted by atomic mass is 9.88. The van der Waals surface area contributed by atoms with Gasteiger partial charge in [-0.2, -0.15) is 0 Å². The molecule has 55 heavy (non-hydrogen) atoms. The summed E-state index contributed by atoms with van der Waals surface area (Å²) < 4.78 is 34.2. The smallest absolute Gasteiger partial charge is 0.335 e. The van der Waals surface area contributed by atoms with Gasteiger partial charge in [0.2, 0.25) is 11.8 Å². The Morgan fingerprint density at radius 2 is 1.69 bits per heavy atom. The Labute approximate surface area is 322 Å². The van der Waals surface area contributed by atoms with Crippen molar-refractivity contribution in [2.45, 2.75) is 128 Å². The fraction of sp³-hybridized carbons (Fsp3) is 0.692. The molecular weight excluding hydrogens is 718 g/mol. The van der Waals surface area contributed by atoms with Crippen molar-refractivity contribution in [2.24, 2.45) is 5.92 Å². The van der Waals surface area contributed by atoms with Crippen LogP contribution < -0.4 is 10.6 Å². The van der Waals surface area contributed by atoms with Gasteiger partial charge in [0.15, 0.2) is 0 Å². The summed E-state index contributed by atoms with van der Waals surface area (Å²) in [4.78, 5) is 75.8. The average molecular weight is 776 g/mol. The molecule has 16 nitrogen and oxygen atoms in total. The molecule has 8 atom stereocenters. The Kier molecular flexibility index (Phi) is 17.0. The molecule has 0 aromatic rings. The molecule has 0 aromatic heterocycles. The van der Waals surface area contributed by atoms with Crippen molar-refractivity contribution in [3.63, 3.8) is 0 Å². The minimum absolute atomic E-state index is 0.00773. The van der Waals surface area contributed by atoms with Gasteiger partial charge >= 0.3 is 11.9 Å². The maximum Gasteiger partial charge on any atom is 0.335 e. The van der Waals surface area contributed by atoms with E-state index < -0.39 is 29.9 Å². The first kappa shape index (κ1) is 43.8. The third-order valence-electron chi connectivity index (χ3n) is 9.76. The second-order valence-corrected chi connectivity index (χ2v) is 14.7. The van der Waals surface area contributed by atoms with E-state index in [1.807, 2.05) is 26.0 Å². The maximum atomic E-state index is 12.7. The fourth-order valence-corrected chi connectivity index (χ4v) is 6.70. The molecule has 1 unspecified atom stereocenters. The largest absolute Gasteiger partial charge is 0.459 e. The summed E-state index contributed by atoms with van der Waals surface area (Å²) in [5.74, 6) is -2.36. The van der Waals surface area contributed by atoms with E-state index >= 15 is 0 Å². The molecule has 0 aliphatic carbocycles. The van der Waals surface area contributed by atoms with Crippen LogP contribution in [-0.2, 0) is 62.0 Å². The summed E-state index contributed by atoms with van der Waals surface area (Å²) in [5, 5.41) is 6.37. The highest BCUT2D eigenvalue weighted by molar-refractivity contribution is 6.01. The van der Waals surface area contributed by atoms with Gasteiger partial charge < -0.3 is 43.9 Å². The number of carbonyl (C=O) groups is 6. The number of imide groups is 1. The van der Waals surface area contributed by atoms with E-state index in [4.69, 9.17) is 33.3 Å². The molecule has 4 rings (SSSR count). The van der Waals surface area contributed by atoms with E-state index in [0.29, 0.717) is 24.6 Å². The molecule has 0 saturated carbocycles. The summed E-state index contributed by atoms with van der Waals surface area (Å²) in [6, 6.07) is -0.129. The normalized spacial score (nSPS) is 28.8. The zero-order valence-electron chi connectivity index (χ0n) is 32.6. The number of hydrogen-bond donors (Lipinski definition) is 2. The number of amides is 4. The summed E-state index contributed by atoms with van der Waals surface area (Å²) in [7, 11) is 0. The summed E-state index contributed by atoms with van der Waals surface area (Å²) in [5.41, 5.74) is 0.823. The Morgan fingerprint density at radius 1 is 0.982 bits per heavy atom. The third kappa shape index (κ3) is 15.2. The highest BCUT2D eigenvalue weighted by Crippen LogP contribution is 2.43. The number of hydrogen-bond acceptors (Lipinski definition) is 13. The molecule has 4 fully saturated rings. The minimum Gasteiger partial charge on any atom is -0.459 e. The highest BCUT2D eigenvalue weighted by Gasteiger charge is 2.51. The molecular formula is C39H57N3O13. The van der Waals surface area contributed by atoms with Crippen molar-refractivity contribution in [2.75, 3.05) is 39.6 Å². The predicted molar refractivity (Wildman–Crippen MR) is 196 cm³/mol. The van der Waals surface area contributed by atoms with Gasteiger partial charge in [0.05, 0.1) is 81.9 Å². The van der Waals surface area contributed by atoms with Crippen LogP contribution in [0.1, 0.15) is 86.0 Å². The van der Waals surface area contributed by atoms with Crippen LogP contribution in [0.5, 0.6) is 0 Å². The third-order valence-corrected chi connectivity index (χ3v) is 9.76. The van der Waals surface area contributed by atoms with E-state index in [1.165, 1.54) is 13.0 Å². The van der Waals surface area contributed by atoms with Gasteiger partial charge in [-0.05, 0) is 45.6 Å². The van der Waals surface area contributed by atoms with Crippen LogP contribution in [-0.4, -0.2) is 122 Å². The standard InChI is InChI=1S/C39H57N3O13/c1-25(7-10-33-26(2)20-32(28(4)53-33)41-34(44)11-8-27(3)52-29(5)43)6-9-30-22-39(24-51-39)23-31(54-30)21-35(45)40-15-17-50-19-18-49-16-14-38(48)55-42-36(46)12-13-37(42)47/h6-9,11,26-28,30-33H,10,12-24H2,1-5H3,(H,40,45)(H,41,44)/b9-6+,11-8-,25-7+/t26?,27-,28+,30+,31+,32+,33-,39+/m0/s1. The number of allylic oxidation sites excluding steroid dienone is 2. The molecule has 306 valence electrons. The number of nitrogens with zero attached hydrogens (tertiary/aromatic N) is 1. The Balaban J connectivity index is 1.08. The molecule has 4 aliphatic rings. The number of nitrogens with one attached hydrogen (secondary N) is 2. The van der Waals surface area contributed by atoms with Gasteiger partial charge in [-0.15, -0.1) is 5.06 Å². The molecule has 2 N–H and O–H groups in total. The number of carbonyl (C=O) groups excluding carboxylic acids is 6. The molecule has 4 heterocycles. The summed E-state index contributed by atoms with van der Waals surface area (Å²) in [6.07, 6.45) is 11.1. The Hall–Kier alpha value is -3.96. The maximum absolute atomic E-state index is 12.7. The quantitative estimate of drug-likeness (QED) is 0.0458. The Morgan fingerprint density at radius 3 is 2.38 bits per heavy atom. The van der Waals surface area contributed by atoms with Gasteiger partial charge in [0, 0.05) is 45.2 Å². The lowest BCUT2D eigenvalue weighted by molar-refractivity contribution is -0.198. The zero-order chi connectivity index (χ0) is 40.0. The minimum atomic E-state index is -0.727. The zero-order valence-corrected chi connectivity index (χ0v) is 32.6. The van der Waals surface area contributed by atoms with E-state index in [9.17, 15) is 28.8 Å². The highest BCUT2D eigenvalue weighted by atomic mass is 16.7. The predicted octanol–water partition coefficient (Wildman–Crippen LogP) is 2.54. The summed E-state index contributed by atoms with van der Waals surface area (Å²) in [6.45, 7) is 10.9. The summed E-state index contributed by atoms with van der Waals surface area (Å²) >= 11 is 0. The first-order valence-corrected chi connectivity index (χ1v) is 19.2. The number of esters is 1. The Bertz CT molecular complexity index is 1440. The van der Waals surface area contributed by atoms with Gasteiger partial charge in [-0.25, -0.2) is 4.79 Å². The van der Waals surface area contributed by atoms with Gasteiger partial charge in [-0.1, -0.05) is 30.7 Å². The number of rotatable bonds is 20. The van der Waals surface area contributed by atoms with Gasteiger partial charge in [-0.3, -0.25) is 24.0 Å². The van der Waals surface area contributed by atoms with Crippen LogP contribution in [0.25, 0.3) is 0 Å². The van der Waals surface area contributed by atoms with Crippen LogP contribution in [0.4, 0.5) is 0 Å². The first-order chi connectivity index (χ1) is 26.2. The van der Waals surface area contributed by atoms with Gasteiger partial charge in [0.1, 0.15) is 6.10 Å². The van der Waals surface area contributed by atoms with Crippen LogP contribution in [0.15, 0.2) is 36.0 Å². The van der Waals surface area contributed by atoms with Crippen molar-refractivity contribution >= 4 is 35.6 Å². The fourth-order valence-electron chi connectivity index (χ4n) is 6.70. The lowest BCUT2D eigenvalue weighted by Crippen LogP contribution is -2.50. The SMILES string of the molecule is CC(=O)O[C@@H](C)/C=C\C(=O)N[C@@H]1CC(C)[C@H](C/C=C(C)/C=C/[C@@H]2C[C@]3(CO3)C[C@@H](CC(=O)NCCOCCOCCC(=O)ON3C(=O)CCC3=O)O2)O[C@@H]1C. The van der Waals surface area contributed by atoms with Crippen LogP contribution in [0, 0.1) is 5.92 Å². The van der Waals surface area contributed by atoms with Crippen LogP contribution in [0.2, 0.25) is 0 Å². The molecule has 4 saturated heterocycles. The van der Waals surface area contributed by atoms with E-state index in [1.54, 1.807) is 13.0 Å². The molecule has 4 aliphatic heterocycles. The number of ether oxygens (including phenoxy) is 6. The van der Waals surface area contributed by atoms with E-state index in [0.717, 1.165) is 24.8 Å². The first-order valence-electron chi connectivity index (χ1n) is 19.2. The van der Waals surface area contributed by atoms with Crippen molar-refractivity contribution in [3.05, 3.63) is 36.0 Å². The number of epoxide rings is 1.